The molecule has 0 fully saturated rings. The molecule has 0 bridgehead atoms. The second-order valence-corrected chi connectivity index (χ2v) is 4.52. The van der Waals surface area contributed by atoms with E-state index in [2.05, 4.69) is 15.6 Å². The van der Waals surface area contributed by atoms with Crippen molar-refractivity contribution in [1.82, 2.24) is 10.3 Å². The lowest BCUT2D eigenvalue weighted by molar-refractivity contribution is -0.115. The van der Waals surface area contributed by atoms with Crippen LogP contribution in [0.4, 0.5) is 5.69 Å². The predicted molar refractivity (Wildman–Crippen MR) is 80.8 cm³/mol. The van der Waals surface area contributed by atoms with E-state index in [1.807, 2.05) is 12.1 Å². The van der Waals surface area contributed by atoms with Gasteiger partial charge >= 0.3 is 0 Å². The summed E-state index contributed by atoms with van der Waals surface area (Å²) in [6, 6.07) is 10.5. The summed E-state index contributed by atoms with van der Waals surface area (Å²) in [5.41, 5.74) is 2.18. The number of amides is 2. The van der Waals surface area contributed by atoms with Crippen molar-refractivity contribution in [3.8, 4) is 0 Å². The molecule has 0 saturated carbocycles. The molecule has 0 aliphatic carbocycles. The number of carbonyl (C=O) groups is 2. The second-order valence-electron chi connectivity index (χ2n) is 4.52. The van der Waals surface area contributed by atoms with Crippen molar-refractivity contribution in [1.29, 1.82) is 0 Å². The van der Waals surface area contributed by atoms with Crippen molar-refractivity contribution in [2.45, 2.75) is 19.9 Å². The van der Waals surface area contributed by atoms with E-state index >= 15 is 0 Å². The number of aromatic nitrogens is 1. The van der Waals surface area contributed by atoms with Crippen LogP contribution in [-0.2, 0) is 11.3 Å². The van der Waals surface area contributed by atoms with Crippen molar-refractivity contribution in [3.63, 3.8) is 0 Å². The SMILES string of the molecule is CCC(=O)Nc1ccc(C(=O)NCc2cccnc2)cc1. The highest BCUT2D eigenvalue weighted by atomic mass is 16.2. The number of anilines is 1. The molecule has 2 aromatic rings. The minimum absolute atomic E-state index is 0.0521. The van der Waals surface area contributed by atoms with Gasteiger partial charge in [-0.2, -0.15) is 0 Å². The van der Waals surface area contributed by atoms with Gasteiger partial charge in [0.05, 0.1) is 0 Å². The van der Waals surface area contributed by atoms with Gasteiger partial charge in [0, 0.05) is 36.6 Å². The van der Waals surface area contributed by atoms with Crippen molar-refractivity contribution in [2.75, 3.05) is 5.32 Å². The molecule has 0 radical (unpaired) electrons. The summed E-state index contributed by atoms with van der Waals surface area (Å²) in [5, 5.41) is 5.56. The monoisotopic (exact) mass is 283 g/mol. The molecule has 1 heterocycles. The maximum atomic E-state index is 12.0. The Labute approximate surface area is 123 Å². The van der Waals surface area contributed by atoms with E-state index < -0.39 is 0 Å². The average molecular weight is 283 g/mol. The molecule has 0 unspecified atom stereocenters. The van der Waals surface area contributed by atoms with Gasteiger partial charge < -0.3 is 10.6 Å². The van der Waals surface area contributed by atoms with E-state index in [0.717, 1.165) is 5.56 Å². The van der Waals surface area contributed by atoms with Crippen LogP contribution in [0.25, 0.3) is 0 Å². The zero-order chi connectivity index (χ0) is 15.1. The first kappa shape index (κ1) is 14.7. The number of nitrogens with one attached hydrogen (secondary N) is 2. The minimum Gasteiger partial charge on any atom is -0.348 e. The van der Waals surface area contributed by atoms with Crippen LogP contribution in [0, 0.1) is 0 Å². The van der Waals surface area contributed by atoms with E-state index in [9.17, 15) is 9.59 Å². The Kier molecular flexibility index (Phi) is 5.04. The molecule has 1 aromatic heterocycles. The van der Waals surface area contributed by atoms with Crippen molar-refractivity contribution in [3.05, 3.63) is 59.9 Å². The fourth-order valence-electron chi connectivity index (χ4n) is 1.74. The van der Waals surface area contributed by atoms with E-state index in [1.165, 1.54) is 0 Å². The molecule has 2 N–H and O–H groups in total. The third kappa shape index (κ3) is 4.42. The number of pyridine rings is 1. The van der Waals surface area contributed by atoms with Crippen molar-refractivity contribution in [2.24, 2.45) is 0 Å². The summed E-state index contributed by atoms with van der Waals surface area (Å²) >= 11 is 0. The van der Waals surface area contributed by atoms with Crippen molar-refractivity contribution < 1.29 is 9.59 Å². The Hall–Kier alpha value is -2.69. The van der Waals surface area contributed by atoms with Crippen LogP contribution in [0.5, 0.6) is 0 Å². The molecule has 0 aliphatic heterocycles. The third-order valence-corrected chi connectivity index (χ3v) is 2.93. The van der Waals surface area contributed by atoms with E-state index in [4.69, 9.17) is 0 Å². The highest BCUT2D eigenvalue weighted by Crippen LogP contribution is 2.10. The zero-order valence-electron chi connectivity index (χ0n) is 11.8. The molecule has 5 nitrogen and oxygen atoms in total. The van der Waals surface area contributed by atoms with Gasteiger partial charge in [-0.25, -0.2) is 0 Å². The molecule has 2 rings (SSSR count). The number of hydrogen-bond acceptors (Lipinski definition) is 3. The Bertz CT molecular complexity index is 609. The van der Waals surface area contributed by atoms with Gasteiger partial charge in [0.1, 0.15) is 0 Å². The first-order valence-electron chi connectivity index (χ1n) is 6.76. The van der Waals surface area contributed by atoms with Gasteiger partial charge in [0.25, 0.3) is 5.91 Å². The van der Waals surface area contributed by atoms with Gasteiger partial charge in [0.2, 0.25) is 5.91 Å². The molecule has 108 valence electrons. The van der Waals surface area contributed by atoms with Gasteiger partial charge in [-0.1, -0.05) is 13.0 Å². The molecule has 0 saturated heterocycles. The summed E-state index contributed by atoms with van der Waals surface area (Å²) in [4.78, 5) is 27.2. The Morgan fingerprint density at radius 1 is 1.14 bits per heavy atom. The lowest BCUT2D eigenvalue weighted by Gasteiger charge is -2.07. The summed E-state index contributed by atoms with van der Waals surface area (Å²) in [7, 11) is 0. The Morgan fingerprint density at radius 2 is 1.90 bits per heavy atom. The fraction of sp³-hybridized carbons (Fsp3) is 0.188. The van der Waals surface area contributed by atoms with Crippen LogP contribution in [0.1, 0.15) is 29.3 Å². The summed E-state index contributed by atoms with van der Waals surface area (Å²) in [6.45, 7) is 2.22. The topological polar surface area (TPSA) is 71.1 Å². The molecule has 2 amide bonds. The number of rotatable bonds is 5. The first-order valence-corrected chi connectivity index (χ1v) is 6.76. The number of nitrogens with zero attached hydrogens (tertiary/aromatic N) is 1. The number of hydrogen-bond donors (Lipinski definition) is 2. The molecular formula is C16H17N3O2. The molecule has 0 spiro atoms. The summed E-state index contributed by atoms with van der Waals surface area (Å²) in [5.74, 6) is -0.212. The Balaban J connectivity index is 1.92. The Morgan fingerprint density at radius 3 is 2.52 bits per heavy atom. The van der Waals surface area contributed by atoms with Gasteiger partial charge in [0.15, 0.2) is 0 Å². The highest BCUT2D eigenvalue weighted by molar-refractivity contribution is 5.95. The molecule has 0 atom stereocenters. The second kappa shape index (κ2) is 7.19. The van der Waals surface area contributed by atoms with Crippen LogP contribution < -0.4 is 10.6 Å². The summed E-state index contributed by atoms with van der Waals surface area (Å²) in [6.07, 6.45) is 3.83. The smallest absolute Gasteiger partial charge is 0.251 e. The van der Waals surface area contributed by atoms with Crippen molar-refractivity contribution >= 4 is 17.5 Å². The van der Waals surface area contributed by atoms with Gasteiger partial charge in [-0.3, -0.25) is 14.6 Å². The number of carbonyl (C=O) groups excluding carboxylic acids is 2. The quantitative estimate of drug-likeness (QED) is 0.885. The molecule has 0 aliphatic rings. The van der Waals surface area contributed by atoms with E-state index in [-0.39, 0.29) is 11.8 Å². The lowest BCUT2D eigenvalue weighted by Crippen LogP contribution is -2.22. The lowest BCUT2D eigenvalue weighted by atomic mass is 10.2. The summed E-state index contributed by atoms with van der Waals surface area (Å²) < 4.78 is 0. The largest absolute Gasteiger partial charge is 0.348 e. The number of benzene rings is 1. The average Bonchev–Trinajstić information content (AvgIpc) is 2.54. The molecular weight excluding hydrogens is 266 g/mol. The standard InChI is InChI=1S/C16H17N3O2/c1-2-15(20)19-14-7-5-13(6-8-14)16(21)18-11-12-4-3-9-17-10-12/h3-10H,2,11H2,1H3,(H,18,21)(H,19,20). The van der Waals surface area contributed by atoms with Crippen LogP contribution in [0.2, 0.25) is 0 Å². The van der Waals surface area contributed by atoms with Gasteiger partial charge in [-0.05, 0) is 35.9 Å². The molecule has 21 heavy (non-hydrogen) atoms. The molecule has 1 aromatic carbocycles. The zero-order valence-corrected chi connectivity index (χ0v) is 11.8. The maximum absolute atomic E-state index is 12.0. The van der Waals surface area contributed by atoms with Gasteiger partial charge in [-0.15, -0.1) is 0 Å². The normalized spacial score (nSPS) is 9.95. The first-order chi connectivity index (χ1) is 10.2. The molecule has 5 heteroatoms. The van der Waals surface area contributed by atoms with Crippen LogP contribution in [0.3, 0.4) is 0 Å². The minimum atomic E-state index is -0.160. The maximum Gasteiger partial charge on any atom is 0.251 e. The fourth-order valence-corrected chi connectivity index (χ4v) is 1.74. The third-order valence-electron chi connectivity index (χ3n) is 2.93. The van der Waals surface area contributed by atoms with E-state index in [0.29, 0.717) is 24.2 Å². The van der Waals surface area contributed by atoms with E-state index in [1.54, 1.807) is 43.6 Å². The van der Waals surface area contributed by atoms with Crippen LogP contribution in [0.15, 0.2) is 48.8 Å². The predicted octanol–water partition coefficient (Wildman–Crippen LogP) is 2.36. The van der Waals surface area contributed by atoms with Crippen LogP contribution in [-0.4, -0.2) is 16.8 Å². The van der Waals surface area contributed by atoms with Crippen LogP contribution >= 0.6 is 0 Å². The highest BCUT2D eigenvalue weighted by Gasteiger charge is 2.06.